The number of carbonyl (C=O) groups is 2. The van der Waals surface area contributed by atoms with E-state index in [2.05, 4.69) is 140 Å². The van der Waals surface area contributed by atoms with E-state index in [4.69, 9.17) is 9.47 Å². The van der Waals surface area contributed by atoms with Gasteiger partial charge in [-0.25, -0.2) is 0 Å². The Hall–Kier alpha value is -1.70. The van der Waals surface area contributed by atoms with Crippen LogP contribution in [0.2, 0.25) is 0 Å². The zero-order chi connectivity index (χ0) is 37.7. The van der Waals surface area contributed by atoms with Crippen molar-refractivity contribution in [1.82, 2.24) is 9.80 Å². The molecule has 7 nitrogen and oxygen atoms in total. The predicted octanol–water partition coefficient (Wildman–Crippen LogP) is 8.73. The average Bonchev–Trinajstić information content (AvgIpc) is 2.90. The summed E-state index contributed by atoms with van der Waals surface area (Å²) in [7, 11) is 4.27. The highest BCUT2D eigenvalue weighted by Crippen LogP contribution is 2.47. The fraction of sp³-hybridized carbons (Fsp3) is 0.857. The number of piperidine rings is 2. The lowest BCUT2D eigenvalue weighted by Gasteiger charge is -2.53. The van der Waals surface area contributed by atoms with E-state index >= 15 is 0 Å². The molecule has 3 atom stereocenters. The van der Waals surface area contributed by atoms with Crippen LogP contribution in [0.1, 0.15) is 149 Å². The molecule has 0 radical (unpaired) electrons. The smallest absolute Gasteiger partial charge is 0.321 e. The highest BCUT2D eigenvalue weighted by molar-refractivity contribution is 5.96. The quantitative estimate of drug-likeness (QED) is 0.192. The van der Waals surface area contributed by atoms with Gasteiger partial charge >= 0.3 is 11.9 Å². The first kappa shape index (κ1) is 41.7. The number of ether oxygens (including phenoxy) is 2. The van der Waals surface area contributed by atoms with E-state index in [0.717, 1.165) is 24.0 Å². The minimum atomic E-state index is -1.11. The molecule has 2 fully saturated rings. The van der Waals surface area contributed by atoms with E-state index in [9.17, 15) is 14.7 Å². The highest BCUT2D eigenvalue weighted by atomic mass is 16.6. The van der Waals surface area contributed by atoms with Gasteiger partial charge < -0.3 is 14.6 Å². The molecule has 2 saturated heterocycles. The minimum absolute atomic E-state index is 0.176. The molecule has 49 heavy (non-hydrogen) atoms. The second-order valence-electron chi connectivity index (χ2n) is 20.4. The van der Waals surface area contributed by atoms with Gasteiger partial charge in [-0.05, 0) is 97.9 Å². The van der Waals surface area contributed by atoms with Crippen LogP contribution in [-0.4, -0.2) is 81.4 Å². The normalized spacial score (nSPS) is 27.3. The van der Waals surface area contributed by atoms with Gasteiger partial charge in [0.05, 0.1) is 6.10 Å². The number of unbranched alkanes of at least 4 members (excludes halogenated alkanes) is 1. The molecule has 1 aliphatic carbocycles. The van der Waals surface area contributed by atoms with Gasteiger partial charge in [-0.15, -0.1) is 0 Å². The van der Waals surface area contributed by atoms with Crippen molar-refractivity contribution in [2.45, 2.75) is 189 Å². The summed E-state index contributed by atoms with van der Waals surface area (Å²) >= 11 is 0. The second kappa shape index (κ2) is 14.4. The van der Waals surface area contributed by atoms with Crippen LogP contribution in [0, 0.1) is 28.6 Å². The number of aliphatic hydroxyl groups is 1. The first-order chi connectivity index (χ1) is 22.0. The molecule has 3 rings (SSSR count). The van der Waals surface area contributed by atoms with Gasteiger partial charge in [-0.2, -0.15) is 0 Å². The summed E-state index contributed by atoms with van der Waals surface area (Å²) < 4.78 is 12.9. The van der Waals surface area contributed by atoms with E-state index in [1.165, 1.54) is 0 Å². The maximum Gasteiger partial charge on any atom is 0.321 e. The van der Waals surface area contributed by atoms with Gasteiger partial charge in [0.1, 0.15) is 12.2 Å². The van der Waals surface area contributed by atoms with Crippen LogP contribution < -0.4 is 0 Å². The van der Waals surface area contributed by atoms with Crippen LogP contribution >= 0.6 is 0 Å². The van der Waals surface area contributed by atoms with Crippen LogP contribution in [-0.2, 0) is 19.1 Å². The molecular weight excluding hydrogens is 612 g/mol. The van der Waals surface area contributed by atoms with Crippen molar-refractivity contribution < 1.29 is 24.2 Å². The van der Waals surface area contributed by atoms with Crippen LogP contribution in [0.3, 0.4) is 0 Å². The van der Waals surface area contributed by atoms with Gasteiger partial charge in [0, 0.05) is 59.7 Å². The third-order valence-electron chi connectivity index (χ3n) is 12.5. The second-order valence-corrected chi connectivity index (χ2v) is 20.4. The first-order valence-corrected chi connectivity index (χ1v) is 19.1. The lowest BCUT2D eigenvalue weighted by Crippen LogP contribution is -2.61. The molecule has 0 aromatic heterocycles. The molecule has 0 aromatic carbocycles. The van der Waals surface area contributed by atoms with Crippen molar-refractivity contribution in [3.8, 4) is 0 Å². The number of nitrogens with zero attached hydrogens (tertiary/aromatic N) is 2. The van der Waals surface area contributed by atoms with Gasteiger partial charge in [0.15, 0.2) is 5.92 Å². The van der Waals surface area contributed by atoms with Gasteiger partial charge in [0.2, 0.25) is 0 Å². The van der Waals surface area contributed by atoms with Crippen LogP contribution in [0.15, 0.2) is 23.3 Å². The monoisotopic (exact) mass is 687 g/mol. The molecule has 7 heteroatoms. The van der Waals surface area contributed by atoms with Crippen molar-refractivity contribution in [2.24, 2.45) is 28.6 Å². The molecule has 1 N–H and O–H groups in total. The van der Waals surface area contributed by atoms with Crippen molar-refractivity contribution in [3.63, 3.8) is 0 Å². The van der Waals surface area contributed by atoms with E-state index < -0.39 is 29.9 Å². The summed E-state index contributed by atoms with van der Waals surface area (Å²) in [5.41, 5.74) is 0.621. The maximum atomic E-state index is 14.7. The number of carbonyl (C=O) groups excluding carboxylic acids is 2. The summed E-state index contributed by atoms with van der Waals surface area (Å²) in [6, 6.07) is 0. The lowest BCUT2D eigenvalue weighted by atomic mass is 9.65. The van der Waals surface area contributed by atoms with Gasteiger partial charge in [0.25, 0.3) is 0 Å². The molecule has 3 unspecified atom stereocenters. The summed E-state index contributed by atoms with van der Waals surface area (Å²) in [6.45, 7) is 32.5. The average molecular weight is 687 g/mol. The lowest BCUT2D eigenvalue weighted by molar-refractivity contribution is -0.179. The zero-order valence-corrected chi connectivity index (χ0v) is 34.5. The number of hydrogen-bond acceptors (Lipinski definition) is 7. The van der Waals surface area contributed by atoms with E-state index in [1.54, 1.807) is 0 Å². The SMILES string of the molecule is CCCCC(C1=CC(C(C)(C)C)C(O)C(C(C)(C)C)=C1)C(C(=O)OC1CC(C)(C)N(C)C(C)(C)C1)C(=O)OC1CC(C)(C)N(C)C(C)(C)C1. The Labute approximate surface area is 300 Å². The molecule has 2 aliphatic heterocycles. The Morgan fingerprint density at radius 2 is 1.18 bits per heavy atom. The summed E-state index contributed by atoms with van der Waals surface area (Å²) in [5.74, 6) is -2.69. The number of allylic oxidation sites excluding steroid dienone is 2. The Morgan fingerprint density at radius 1 is 0.796 bits per heavy atom. The molecule has 0 bridgehead atoms. The predicted molar refractivity (Wildman–Crippen MR) is 201 cm³/mol. The van der Waals surface area contributed by atoms with Gasteiger partial charge in [-0.3, -0.25) is 19.4 Å². The third-order valence-corrected chi connectivity index (χ3v) is 12.5. The largest absolute Gasteiger partial charge is 0.462 e. The molecule has 0 saturated carbocycles. The zero-order valence-electron chi connectivity index (χ0n) is 34.5. The standard InChI is InChI=1S/C42H74N2O5/c1-18-19-20-30(27-21-31(37(2,3)4)34(45)32(22-27)38(5,6)7)33(35(46)48-28-23-39(8,9)43(16)40(10,11)24-28)36(47)49-29-25-41(12,13)44(17)42(14,15)26-29/h21-22,28-31,33-34,45H,18-20,23-26H2,1-17H3. The number of rotatable bonds is 9. The molecule has 0 spiro atoms. The van der Waals surface area contributed by atoms with Gasteiger partial charge in [-0.1, -0.05) is 73.5 Å². The van der Waals surface area contributed by atoms with Crippen LogP contribution in [0.25, 0.3) is 0 Å². The Morgan fingerprint density at radius 3 is 1.51 bits per heavy atom. The van der Waals surface area contributed by atoms with Crippen molar-refractivity contribution in [2.75, 3.05) is 14.1 Å². The molecule has 2 heterocycles. The first-order valence-electron chi connectivity index (χ1n) is 19.1. The summed E-state index contributed by atoms with van der Waals surface area (Å²) in [5, 5.41) is 11.7. The van der Waals surface area contributed by atoms with Crippen LogP contribution in [0.4, 0.5) is 0 Å². The summed E-state index contributed by atoms with van der Waals surface area (Å²) in [4.78, 5) is 34.2. The Balaban J connectivity index is 2.15. The molecule has 3 aliphatic rings. The van der Waals surface area contributed by atoms with Crippen molar-refractivity contribution in [3.05, 3.63) is 23.3 Å². The fourth-order valence-electron chi connectivity index (χ4n) is 9.00. The highest BCUT2D eigenvalue weighted by Gasteiger charge is 2.50. The Kier molecular flexibility index (Phi) is 12.2. The van der Waals surface area contributed by atoms with Crippen molar-refractivity contribution >= 4 is 11.9 Å². The van der Waals surface area contributed by atoms with Crippen molar-refractivity contribution in [1.29, 1.82) is 0 Å². The molecule has 0 amide bonds. The van der Waals surface area contributed by atoms with E-state index in [1.807, 2.05) is 0 Å². The fourth-order valence-corrected chi connectivity index (χ4v) is 9.00. The van der Waals surface area contributed by atoms with Crippen LogP contribution in [0.5, 0.6) is 0 Å². The van der Waals surface area contributed by atoms with E-state index in [-0.39, 0.29) is 51.1 Å². The van der Waals surface area contributed by atoms with E-state index in [0.29, 0.717) is 32.1 Å². The Bertz CT molecular complexity index is 1170. The number of likely N-dealkylation sites (tertiary alicyclic amines) is 2. The number of aliphatic hydroxyl groups excluding tert-OH is 1. The number of hydrogen-bond donors (Lipinski definition) is 1. The molecular formula is C42H74N2O5. The summed E-state index contributed by atoms with van der Waals surface area (Å²) in [6.07, 6.45) is 8.12. The number of esters is 2. The minimum Gasteiger partial charge on any atom is -0.462 e. The molecule has 0 aromatic rings. The third kappa shape index (κ3) is 9.40. The maximum absolute atomic E-state index is 14.7. The molecule has 282 valence electrons. The topological polar surface area (TPSA) is 79.3 Å².